The van der Waals surface area contributed by atoms with E-state index in [2.05, 4.69) is 9.72 Å². The second-order valence-electron chi connectivity index (χ2n) is 6.83. The van der Waals surface area contributed by atoms with Crippen LogP contribution in [0.5, 0.6) is 11.5 Å². The molecule has 0 radical (unpaired) electrons. The summed E-state index contributed by atoms with van der Waals surface area (Å²) in [5.41, 5.74) is -2.41. The Morgan fingerprint density at radius 1 is 1.23 bits per heavy atom. The van der Waals surface area contributed by atoms with Crippen molar-refractivity contribution in [3.05, 3.63) is 33.5 Å². The smallest absolute Gasteiger partial charge is 0.340 e. The fraction of sp³-hybridized carbons (Fsp3) is 0.450. The van der Waals surface area contributed by atoms with Crippen LogP contribution in [-0.2, 0) is 25.5 Å². The Bertz CT molecular complexity index is 1070. The molecule has 166 valence electrons. The van der Waals surface area contributed by atoms with Crippen molar-refractivity contribution in [2.45, 2.75) is 31.8 Å². The van der Waals surface area contributed by atoms with Crippen LogP contribution >= 0.6 is 0 Å². The van der Waals surface area contributed by atoms with Crippen molar-refractivity contribution in [1.82, 2.24) is 4.98 Å². The first-order valence-electron chi connectivity index (χ1n) is 9.52. The molecule has 1 N–H and O–H groups in total. The highest BCUT2D eigenvalue weighted by molar-refractivity contribution is 5.97. The molecule has 0 bridgehead atoms. The van der Waals surface area contributed by atoms with Crippen molar-refractivity contribution in [1.29, 1.82) is 0 Å². The third-order valence-electron chi connectivity index (χ3n) is 5.07. The lowest BCUT2D eigenvalue weighted by atomic mass is 9.89. The van der Waals surface area contributed by atoms with Gasteiger partial charge in [-0.1, -0.05) is 0 Å². The molecule has 1 heterocycles. The summed E-state index contributed by atoms with van der Waals surface area (Å²) in [4.78, 5) is 40.4. The van der Waals surface area contributed by atoms with Crippen LogP contribution in [0.1, 0.15) is 31.0 Å². The van der Waals surface area contributed by atoms with E-state index in [1.165, 1.54) is 12.1 Å². The predicted octanol–water partition coefficient (Wildman–Crippen LogP) is 1.66. The number of methoxy groups -OCH3 is 2. The summed E-state index contributed by atoms with van der Waals surface area (Å²) in [6, 6.07) is 3.06. The number of nitro groups is 1. The summed E-state index contributed by atoms with van der Waals surface area (Å²) >= 11 is 0. The summed E-state index contributed by atoms with van der Waals surface area (Å²) < 4.78 is 20.4. The van der Waals surface area contributed by atoms with E-state index in [4.69, 9.17) is 14.2 Å². The Kier molecular flexibility index (Phi) is 5.98. The van der Waals surface area contributed by atoms with Gasteiger partial charge in [0.15, 0.2) is 16.9 Å². The number of carbonyl (C=O) groups excluding carboxylic acids is 2. The molecule has 1 aliphatic carbocycles. The van der Waals surface area contributed by atoms with Gasteiger partial charge in [-0.15, -0.1) is 0 Å². The summed E-state index contributed by atoms with van der Waals surface area (Å²) in [5.74, 6) is -3.39. The number of hydrogen-bond acceptors (Lipinski definition) is 10. The van der Waals surface area contributed by atoms with E-state index in [1.54, 1.807) is 13.8 Å². The van der Waals surface area contributed by atoms with Crippen LogP contribution in [0.3, 0.4) is 0 Å². The Balaban J connectivity index is 2.35. The SMILES string of the molecule is CCOc1cc2cc3c(nc2c([N+](=O)[O-])c1OCC)[C@H](C(=O)OC)[C@@](O)(C(=O)OC)C3. The number of esters is 2. The van der Waals surface area contributed by atoms with Crippen LogP contribution in [0, 0.1) is 10.1 Å². The topological polar surface area (TPSA) is 147 Å². The van der Waals surface area contributed by atoms with Gasteiger partial charge in [0.05, 0.1) is 38.1 Å². The lowest BCUT2D eigenvalue weighted by Crippen LogP contribution is -2.47. The van der Waals surface area contributed by atoms with Crippen LogP contribution in [0.25, 0.3) is 10.9 Å². The third kappa shape index (κ3) is 3.50. The van der Waals surface area contributed by atoms with Crippen molar-refractivity contribution in [3.8, 4) is 11.5 Å². The van der Waals surface area contributed by atoms with Gasteiger partial charge in [0.25, 0.3) is 0 Å². The molecule has 0 saturated carbocycles. The van der Waals surface area contributed by atoms with Gasteiger partial charge >= 0.3 is 17.6 Å². The van der Waals surface area contributed by atoms with E-state index in [0.29, 0.717) is 10.9 Å². The van der Waals surface area contributed by atoms with Crippen molar-refractivity contribution in [2.24, 2.45) is 0 Å². The van der Waals surface area contributed by atoms with Crippen molar-refractivity contribution in [3.63, 3.8) is 0 Å². The molecule has 1 aromatic heterocycles. The van der Waals surface area contributed by atoms with Crippen LogP contribution in [0.2, 0.25) is 0 Å². The quantitative estimate of drug-likeness (QED) is 0.387. The van der Waals surface area contributed by atoms with Crippen molar-refractivity contribution < 1.29 is 38.6 Å². The summed E-state index contributed by atoms with van der Waals surface area (Å²) in [5, 5.41) is 23.3. The zero-order chi connectivity index (χ0) is 22.9. The number of ether oxygens (including phenoxy) is 4. The zero-order valence-electron chi connectivity index (χ0n) is 17.5. The van der Waals surface area contributed by atoms with E-state index in [-0.39, 0.29) is 42.3 Å². The predicted molar refractivity (Wildman–Crippen MR) is 106 cm³/mol. The van der Waals surface area contributed by atoms with E-state index < -0.39 is 34.1 Å². The molecule has 2 aromatic rings. The Morgan fingerprint density at radius 3 is 2.45 bits per heavy atom. The van der Waals surface area contributed by atoms with Crippen LogP contribution in [-0.4, -0.2) is 60.0 Å². The second-order valence-corrected chi connectivity index (χ2v) is 6.83. The maximum atomic E-state index is 12.5. The summed E-state index contributed by atoms with van der Waals surface area (Å²) in [6.45, 7) is 3.78. The molecule has 31 heavy (non-hydrogen) atoms. The lowest BCUT2D eigenvalue weighted by Gasteiger charge is -2.25. The summed E-state index contributed by atoms with van der Waals surface area (Å²) in [7, 11) is 2.18. The highest BCUT2D eigenvalue weighted by Crippen LogP contribution is 2.47. The minimum absolute atomic E-state index is 0.00181. The standard InChI is InChI=1S/C20H22N2O9/c1-5-30-12-8-10-7-11-9-20(25,19(24)29-4)13(18(23)28-3)14(11)21-15(10)16(22(26)27)17(12)31-6-2/h7-8,13,25H,5-6,9H2,1-4H3/t13-,20-/m1/s1. The van der Waals surface area contributed by atoms with Gasteiger partial charge in [-0.25, -0.2) is 9.78 Å². The minimum Gasteiger partial charge on any atom is -0.490 e. The maximum Gasteiger partial charge on any atom is 0.340 e. The van der Waals surface area contributed by atoms with Gasteiger partial charge < -0.3 is 24.1 Å². The van der Waals surface area contributed by atoms with Crippen LogP contribution in [0.4, 0.5) is 5.69 Å². The molecule has 0 fully saturated rings. The van der Waals surface area contributed by atoms with Crippen LogP contribution in [0.15, 0.2) is 12.1 Å². The van der Waals surface area contributed by atoms with Gasteiger partial charge in [-0.3, -0.25) is 14.9 Å². The van der Waals surface area contributed by atoms with Gasteiger partial charge in [0.2, 0.25) is 5.75 Å². The number of pyridine rings is 1. The number of aliphatic hydroxyl groups is 1. The molecule has 0 amide bonds. The molecule has 11 heteroatoms. The van der Waals surface area contributed by atoms with Crippen molar-refractivity contribution >= 4 is 28.5 Å². The molecule has 3 rings (SSSR count). The maximum absolute atomic E-state index is 12.5. The number of carbonyl (C=O) groups is 2. The zero-order valence-corrected chi connectivity index (χ0v) is 17.5. The molecular formula is C20H22N2O9. The van der Waals surface area contributed by atoms with Gasteiger partial charge in [-0.2, -0.15) is 0 Å². The first kappa shape index (κ1) is 22.2. The largest absolute Gasteiger partial charge is 0.490 e. The van der Waals surface area contributed by atoms with Gasteiger partial charge in [-0.05, 0) is 31.5 Å². The number of benzene rings is 1. The minimum atomic E-state index is -2.26. The monoisotopic (exact) mass is 434 g/mol. The lowest BCUT2D eigenvalue weighted by molar-refractivity contribution is -0.384. The van der Waals surface area contributed by atoms with Crippen LogP contribution < -0.4 is 9.47 Å². The average molecular weight is 434 g/mol. The Hall–Kier alpha value is -3.47. The molecule has 0 saturated heterocycles. The van der Waals surface area contributed by atoms with Gasteiger partial charge in [0.1, 0.15) is 5.92 Å². The number of nitrogens with zero attached hydrogens (tertiary/aromatic N) is 2. The fourth-order valence-corrected chi connectivity index (χ4v) is 3.83. The number of aromatic nitrogens is 1. The third-order valence-corrected chi connectivity index (χ3v) is 5.07. The molecular weight excluding hydrogens is 412 g/mol. The Morgan fingerprint density at radius 2 is 1.90 bits per heavy atom. The van der Waals surface area contributed by atoms with Gasteiger partial charge in [0, 0.05) is 11.8 Å². The molecule has 0 aliphatic heterocycles. The highest BCUT2D eigenvalue weighted by atomic mass is 16.6. The molecule has 1 aliphatic rings. The second kappa shape index (κ2) is 8.34. The van der Waals surface area contributed by atoms with E-state index in [0.717, 1.165) is 14.2 Å². The van der Waals surface area contributed by atoms with E-state index in [1.807, 2.05) is 0 Å². The highest BCUT2D eigenvalue weighted by Gasteiger charge is 2.57. The molecule has 2 atom stereocenters. The number of hydrogen-bond donors (Lipinski definition) is 1. The van der Waals surface area contributed by atoms with E-state index in [9.17, 15) is 24.8 Å². The fourth-order valence-electron chi connectivity index (χ4n) is 3.83. The normalized spacial score (nSPS) is 19.6. The number of rotatable bonds is 7. The summed E-state index contributed by atoms with van der Waals surface area (Å²) in [6.07, 6.45) is -0.275. The van der Waals surface area contributed by atoms with E-state index >= 15 is 0 Å². The number of fused-ring (bicyclic) bond motifs is 2. The Labute approximate surface area is 177 Å². The molecule has 0 spiro atoms. The average Bonchev–Trinajstić information content (AvgIpc) is 3.03. The number of nitro benzene ring substituents is 1. The first-order chi connectivity index (χ1) is 14.7. The molecule has 11 nitrogen and oxygen atoms in total. The van der Waals surface area contributed by atoms with Crippen molar-refractivity contribution in [2.75, 3.05) is 27.4 Å². The molecule has 0 unspecified atom stereocenters. The first-order valence-corrected chi connectivity index (χ1v) is 9.52. The molecule has 1 aromatic carbocycles.